The fourth-order valence-corrected chi connectivity index (χ4v) is 3.58. The lowest BCUT2D eigenvalue weighted by Crippen LogP contribution is -2.34. The van der Waals surface area contributed by atoms with E-state index in [9.17, 15) is 4.79 Å². The van der Waals surface area contributed by atoms with Gasteiger partial charge in [0.1, 0.15) is 17.3 Å². The Kier molecular flexibility index (Phi) is 7.48. The van der Waals surface area contributed by atoms with E-state index < -0.39 is 0 Å². The minimum absolute atomic E-state index is 0.122. The lowest BCUT2D eigenvalue weighted by atomic mass is 10.2. The first-order valence-corrected chi connectivity index (χ1v) is 10.7. The summed E-state index contributed by atoms with van der Waals surface area (Å²) < 4.78 is 5.93. The van der Waals surface area contributed by atoms with Crippen molar-refractivity contribution < 1.29 is 9.53 Å². The molecule has 1 aromatic heterocycles. The minimum Gasteiger partial charge on any atom is -0.457 e. The minimum atomic E-state index is -0.122. The number of aliphatic imine (C=N–C) groups is 1. The summed E-state index contributed by atoms with van der Waals surface area (Å²) in [5.41, 5.74) is 0.560. The molecule has 1 amide bonds. The van der Waals surface area contributed by atoms with Gasteiger partial charge in [-0.1, -0.05) is 31.7 Å². The van der Waals surface area contributed by atoms with E-state index in [2.05, 4.69) is 46.7 Å². The number of amidine groups is 1. The van der Waals surface area contributed by atoms with Crippen LogP contribution in [0.2, 0.25) is 0 Å². The zero-order valence-electron chi connectivity index (χ0n) is 16.9. The van der Waals surface area contributed by atoms with Gasteiger partial charge in [-0.05, 0) is 31.2 Å². The maximum Gasteiger partial charge on any atom is 0.251 e. The number of anilines is 1. The Labute approximate surface area is 175 Å². The Morgan fingerprint density at radius 2 is 2.07 bits per heavy atom. The average molecular weight is 414 g/mol. The molecular formula is C21H27N5O2S. The number of amides is 1. The van der Waals surface area contributed by atoms with Gasteiger partial charge in [-0.25, -0.2) is 4.98 Å². The smallest absolute Gasteiger partial charge is 0.251 e. The van der Waals surface area contributed by atoms with Crippen molar-refractivity contribution >= 4 is 28.7 Å². The van der Waals surface area contributed by atoms with Gasteiger partial charge >= 0.3 is 0 Å². The number of aromatic nitrogens is 1. The number of hydrogen-bond acceptors (Lipinski definition) is 7. The third kappa shape index (κ3) is 6.76. The molecule has 0 spiro atoms. The Balaban J connectivity index is 1.59. The van der Waals surface area contributed by atoms with E-state index in [0.717, 1.165) is 17.5 Å². The second-order valence-electron chi connectivity index (χ2n) is 7.09. The van der Waals surface area contributed by atoms with Crippen LogP contribution < -0.4 is 20.7 Å². The van der Waals surface area contributed by atoms with Crippen LogP contribution in [0.25, 0.3) is 0 Å². The molecule has 0 radical (unpaired) electrons. The highest BCUT2D eigenvalue weighted by Crippen LogP contribution is 2.25. The highest BCUT2D eigenvalue weighted by molar-refractivity contribution is 8.14. The summed E-state index contributed by atoms with van der Waals surface area (Å²) in [5, 5.41) is 10.3. The van der Waals surface area contributed by atoms with E-state index in [1.807, 2.05) is 18.2 Å². The SMILES string of the molecule is CC1CSC(Nc2cc(Oc3cccc(C(=O)NCCNC(C)C)c3)ccn2)=N1. The molecule has 29 heavy (non-hydrogen) atoms. The number of rotatable bonds is 8. The van der Waals surface area contributed by atoms with Gasteiger partial charge in [-0.2, -0.15) is 0 Å². The van der Waals surface area contributed by atoms with Crippen molar-refractivity contribution in [3.8, 4) is 11.5 Å². The fourth-order valence-electron chi connectivity index (χ4n) is 2.67. The van der Waals surface area contributed by atoms with Gasteiger partial charge in [0.2, 0.25) is 0 Å². The van der Waals surface area contributed by atoms with Crippen LogP contribution in [-0.2, 0) is 0 Å². The Hall–Kier alpha value is -2.58. The van der Waals surface area contributed by atoms with Gasteiger partial charge in [0, 0.05) is 42.7 Å². The van der Waals surface area contributed by atoms with Crippen LogP contribution >= 0.6 is 11.8 Å². The summed E-state index contributed by atoms with van der Waals surface area (Å²) in [5.74, 6) is 2.76. The first-order chi connectivity index (χ1) is 14.0. The van der Waals surface area contributed by atoms with Crippen molar-refractivity contribution in [3.63, 3.8) is 0 Å². The van der Waals surface area contributed by atoms with Crippen LogP contribution in [0.3, 0.4) is 0 Å². The molecule has 1 atom stereocenters. The summed E-state index contributed by atoms with van der Waals surface area (Å²) in [6, 6.07) is 11.4. The second kappa shape index (κ2) is 10.3. The second-order valence-corrected chi connectivity index (χ2v) is 8.10. The number of nitrogens with one attached hydrogen (secondary N) is 3. The molecule has 0 saturated carbocycles. The molecule has 154 valence electrons. The zero-order chi connectivity index (χ0) is 20.6. The molecular weight excluding hydrogens is 386 g/mol. The van der Waals surface area contributed by atoms with E-state index in [1.54, 1.807) is 36.2 Å². The van der Waals surface area contributed by atoms with Crippen molar-refractivity contribution in [1.82, 2.24) is 15.6 Å². The summed E-state index contributed by atoms with van der Waals surface area (Å²) in [6.07, 6.45) is 1.68. The maximum absolute atomic E-state index is 12.3. The molecule has 0 bridgehead atoms. The van der Waals surface area contributed by atoms with Gasteiger partial charge in [-0.3, -0.25) is 9.79 Å². The molecule has 1 aliphatic rings. The lowest BCUT2D eigenvalue weighted by Gasteiger charge is -2.11. The predicted octanol–water partition coefficient (Wildman–Crippen LogP) is 3.50. The van der Waals surface area contributed by atoms with Crippen molar-refractivity contribution in [2.75, 3.05) is 24.2 Å². The third-order valence-electron chi connectivity index (χ3n) is 4.06. The molecule has 2 heterocycles. The van der Waals surface area contributed by atoms with Crippen molar-refractivity contribution in [2.45, 2.75) is 32.9 Å². The molecule has 2 aromatic rings. The van der Waals surface area contributed by atoms with E-state index >= 15 is 0 Å². The standard InChI is InChI=1S/C21H27N5O2S/c1-14(2)22-9-10-24-20(27)16-5-4-6-17(11-16)28-18-7-8-23-19(12-18)26-21-25-15(3)13-29-21/h4-8,11-12,14-15,22H,9-10,13H2,1-3H3,(H,24,27)(H,23,25,26). The molecule has 1 unspecified atom stereocenters. The third-order valence-corrected chi connectivity index (χ3v) is 5.19. The van der Waals surface area contributed by atoms with Gasteiger partial charge in [-0.15, -0.1) is 0 Å². The van der Waals surface area contributed by atoms with E-state index in [-0.39, 0.29) is 5.91 Å². The summed E-state index contributed by atoms with van der Waals surface area (Å²) in [6.45, 7) is 7.53. The predicted molar refractivity (Wildman–Crippen MR) is 119 cm³/mol. The molecule has 8 heteroatoms. The van der Waals surface area contributed by atoms with Gasteiger partial charge in [0.25, 0.3) is 5.91 Å². The quantitative estimate of drug-likeness (QED) is 0.574. The number of thioether (sulfide) groups is 1. The van der Waals surface area contributed by atoms with Crippen LogP contribution in [-0.4, -0.2) is 47.0 Å². The van der Waals surface area contributed by atoms with Crippen molar-refractivity contribution in [2.24, 2.45) is 4.99 Å². The number of benzene rings is 1. The highest BCUT2D eigenvalue weighted by atomic mass is 32.2. The van der Waals surface area contributed by atoms with Crippen molar-refractivity contribution in [3.05, 3.63) is 48.2 Å². The molecule has 1 aromatic carbocycles. The molecule has 0 aliphatic carbocycles. The monoisotopic (exact) mass is 413 g/mol. The number of pyridine rings is 1. The van der Waals surface area contributed by atoms with E-state index in [4.69, 9.17) is 4.74 Å². The van der Waals surface area contributed by atoms with Crippen LogP contribution in [0, 0.1) is 0 Å². The van der Waals surface area contributed by atoms with Crippen molar-refractivity contribution in [1.29, 1.82) is 0 Å². The number of carbonyl (C=O) groups is 1. The molecule has 3 N–H and O–H groups in total. The van der Waals surface area contributed by atoms with E-state index in [0.29, 0.717) is 41.5 Å². The Morgan fingerprint density at radius 1 is 1.24 bits per heavy atom. The van der Waals surface area contributed by atoms with Gasteiger partial charge < -0.3 is 20.7 Å². The molecule has 3 rings (SSSR count). The van der Waals surface area contributed by atoms with Gasteiger partial charge in [0.05, 0.1) is 6.04 Å². The van der Waals surface area contributed by atoms with Crippen LogP contribution in [0.4, 0.5) is 5.82 Å². The van der Waals surface area contributed by atoms with Crippen LogP contribution in [0.5, 0.6) is 11.5 Å². The highest BCUT2D eigenvalue weighted by Gasteiger charge is 2.14. The summed E-state index contributed by atoms with van der Waals surface area (Å²) >= 11 is 1.68. The van der Waals surface area contributed by atoms with Crippen LogP contribution in [0.15, 0.2) is 47.6 Å². The molecule has 0 fully saturated rings. The lowest BCUT2D eigenvalue weighted by molar-refractivity contribution is 0.0953. The normalized spacial score (nSPS) is 15.9. The average Bonchev–Trinajstić information content (AvgIpc) is 3.10. The zero-order valence-corrected chi connectivity index (χ0v) is 17.8. The van der Waals surface area contributed by atoms with E-state index in [1.165, 1.54) is 0 Å². The van der Waals surface area contributed by atoms with Gasteiger partial charge in [0.15, 0.2) is 5.17 Å². The first kappa shape index (κ1) is 21.1. The maximum atomic E-state index is 12.3. The largest absolute Gasteiger partial charge is 0.457 e. The first-order valence-electron chi connectivity index (χ1n) is 9.73. The summed E-state index contributed by atoms with van der Waals surface area (Å²) in [7, 11) is 0. The molecule has 7 nitrogen and oxygen atoms in total. The fraction of sp³-hybridized carbons (Fsp3) is 0.381. The topological polar surface area (TPSA) is 87.6 Å². The number of nitrogens with zero attached hydrogens (tertiary/aromatic N) is 2. The molecule has 0 saturated heterocycles. The Bertz CT molecular complexity index is 872. The number of ether oxygens (including phenoxy) is 1. The van der Waals surface area contributed by atoms with Crippen LogP contribution in [0.1, 0.15) is 31.1 Å². The Morgan fingerprint density at radius 3 is 2.83 bits per heavy atom. The summed E-state index contributed by atoms with van der Waals surface area (Å²) in [4.78, 5) is 21.2. The molecule has 1 aliphatic heterocycles. The number of hydrogen-bond donors (Lipinski definition) is 3. The number of carbonyl (C=O) groups excluding carboxylic acids is 1.